The lowest BCUT2D eigenvalue weighted by Crippen LogP contribution is -2.33. The summed E-state index contributed by atoms with van der Waals surface area (Å²) in [5.41, 5.74) is 4.32. The van der Waals surface area contributed by atoms with Crippen LogP contribution in [0.3, 0.4) is 0 Å². The predicted octanol–water partition coefficient (Wildman–Crippen LogP) is 5.43. The minimum Gasteiger partial charge on any atom is -0.385 e. The molecule has 0 fully saturated rings. The Labute approximate surface area is 150 Å². The Morgan fingerprint density at radius 1 is 0.800 bits per heavy atom. The maximum absolute atomic E-state index is 11.4. The van der Waals surface area contributed by atoms with Gasteiger partial charge in [0.1, 0.15) is 0 Å². The minimum absolute atomic E-state index is 0.384. The predicted molar refractivity (Wildman–Crippen MR) is 103 cm³/mol. The van der Waals surface area contributed by atoms with Crippen LogP contribution in [0.1, 0.15) is 47.4 Å². The summed E-state index contributed by atoms with van der Waals surface area (Å²) >= 11 is 0. The van der Waals surface area contributed by atoms with Gasteiger partial charge in [0.2, 0.25) is 0 Å². The second-order valence-electron chi connectivity index (χ2n) is 7.11. The van der Waals surface area contributed by atoms with Crippen LogP contribution < -0.4 is 0 Å². The van der Waals surface area contributed by atoms with Gasteiger partial charge in [-0.15, -0.1) is 0 Å². The maximum Gasteiger partial charge on any atom is 0.0902 e. The number of fused-ring (bicyclic) bond motifs is 1. The van der Waals surface area contributed by atoms with Crippen LogP contribution >= 0.6 is 0 Å². The highest BCUT2D eigenvalue weighted by Crippen LogP contribution is 2.46. The summed E-state index contributed by atoms with van der Waals surface area (Å²) in [6, 6.07) is 29.6. The van der Waals surface area contributed by atoms with Gasteiger partial charge in [0.15, 0.2) is 0 Å². The topological polar surface area (TPSA) is 20.2 Å². The molecule has 25 heavy (non-hydrogen) atoms. The molecule has 0 spiro atoms. The first kappa shape index (κ1) is 16.1. The Morgan fingerprint density at radius 3 is 2.20 bits per heavy atom. The zero-order chi connectivity index (χ0) is 17.1. The Bertz CT molecular complexity index is 825. The summed E-state index contributed by atoms with van der Waals surface area (Å²) in [5, 5.41) is 11.4. The molecule has 0 saturated heterocycles. The lowest BCUT2D eigenvalue weighted by molar-refractivity contribution is 0.00819. The Kier molecular flexibility index (Phi) is 4.42. The summed E-state index contributed by atoms with van der Waals surface area (Å²) in [6.07, 6.45) is 3.49. The number of rotatable bonds is 4. The van der Waals surface area contributed by atoms with Crippen molar-refractivity contribution in [1.82, 2.24) is 0 Å². The van der Waals surface area contributed by atoms with Crippen LogP contribution in [-0.2, 0) is 12.0 Å². The molecule has 1 N–H and O–H groups in total. The van der Waals surface area contributed by atoms with E-state index in [1.165, 1.54) is 16.7 Å². The zero-order valence-corrected chi connectivity index (χ0v) is 14.4. The standard InChI is InChI=1S/C24H24O/c25-24(17-15-19-9-3-1-4-10-19)18-16-21(20-11-5-2-6-12-20)22-13-7-8-14-23(22)24/h1-14,21,25H,15-18H2. The van der Waals surface area contributed by atoms with Crippen LogP contribution in [0.4, 0.5) is 0 Å². The van der Waals surface area contributed by atoms with Gasteiger partial charge < -0.3 is 5.11 Å². The van der Waals surface area contributed by atoms with E-state index in [2.05, 4.69) is 78.9 Å². The first-order valence-electron chi connectivity index (χ1n) is 9.17. The Morgan fingerprint density at radius 2 is 1.44 bits per heavy atom. The molecule has 3 aromatic carbocycles. The molecule has 0 radical (unpaired) electrons. The quantitative estimate of drug-likeness (QED) is 0.677. The maximum atomic E-state index is 11.4. The second kappa shape index (κ2) is 6.85. The average Bonchev–Trinajstić information content (AvgIpc) is 2.69. The van der Waals surface area contributed by atoms with E-state index in [9.17, 15) is 5.11 Å². The minimum atomic E-state index is -0.724. The van der Waals surface area contributed by atoms with Gasteiger partial charge in [-0.2, -0.15) is 0 Å². The van der Waals surface area contributed by atoms with E-state index >= 15 is 0 Å². The first-order valence-corrected chi connectivity index (χ1v) is 9.17. The van der Waals surface area contributed by atoms with Crippen molar-refractivity contribution in [3.05, 3.63) is 107 Å². The molecule has 3 aromatic rings. The molecule has 1 nitrogen and oxygen atoms in total. The summed E-state index contributed by atoms with van der Waals surface area (Å²) in [5.74, 6) is 0.384. The van der Waals surface area contributed by atoms with E-state index < -0.39 is 5.60 Å². The summed E-state index contributed by atoms with van der Waals surface area (Å²) in [6.45, 7) is 0. The molecule has 0 amide bonds. The molecule has 0 heterocycles. The van der Waals surface area contributed by atoms with E-state index in [1.807, 2.05) is 6.07 Å². The van der Waals surface area contributed by atoms with Gasteiger partial charge in [0.25, 0.3) is 0 Å². The molecule has 2 atom stereocenters. The first-order chi connectivity index (χ1) is 12.3. The third kappa shape index (κ3) is 3.25. The molecule has 2 unspecified atom stereocenters. The normalized spacial score (nSPS) is 22.4. The molecule has 1 aliphatic rings. The molecule has 0 bridgehead atoms. The highest BCUT2D eigenvalue weighted by atomic mass is 16.3. The van der Waals surface area contributed by atoms with Crippen LogP contribution in [0.2, 0.25) is 0 Å². The van der Waals surface area contributed by atoms with Crippen LogP contribution in [0, 0.1) is 0 Å². The summed E-state index contributed by atoms with van der Waals surface area (Å²) in [7, 11) is 0. The second-order valence-corrected chi connectivity index (χ2v) is 7.11. The van der Waals surface area contributed by atoms with E-state index in [0.29, 0.717) is 5.92 Å². The molecule has 4 rings (SSSR count). The largest absolute Gasteiger partial charge is 0.385 e. The summed E-state index contributed by atoms with van der Waals surface area (Å²) in [4.78, 5) is 0. The van der Waals surface area contributed by atoms with E-state index in [1.54, 1.807) is 0 Å². The van der Waals surface area contributed by atoms with Gasteiger partial charge >= 0.3 is 0 Å². The highest BCUT2D eigenvalue weighted by Gasteiger charge is 2.37. The van der Waals surface area contributed by atoms with E-state index in [-0.39, 0.29) is 0 Å². The van der Waals surface area contributed by atoms with E-state index in [0.717, 1.165) is 31.2 Å². The van der Waals surface area contributed by atoms with Crippen molar-refractivity contribution in [2.75, 3.05) is 0 Å². The van der Waals surface area contributed by atoms with Crippen molar-refractivity contribution in [2.45, 2.75) is 37.2 Å². The molecule has 1 heteroatoms. The van der Waals surface area contributed by atoms with Crippen LogP contribution in [0.5, 0.6) is 0 Å². The van der Waals surface area contributed by atoms with Crippen molar-refractivity contribution in [1.29, 1.82) is 0 Å². The van der Waals surface area contributed by atoms with Gasteiger partial charge in [0.05, 0.1) is 5.60 Å². The molecule has 0 saturated carbocycles. The van der Waals surface area contributed by atoms with Crippen LogP contribution in [0.25, 0.3) is 0 Å². The molecular weight excluding hydrogens is 304 g/mol. The number of aliphatic hydroxyl groups is 1. The smallest absolute Gasteiger partial charge is 0.0902 e. The van der Waals surface area contributed by atoms with Gasteiger partial charge in [-0.05, 0) is 47.9 Å². The number of benzene rings is 3. The fourth-order valence-electron chi connectivity index (χ4n) is 4.18. The lowest BCUT2D eigenvalue weighted by Gasteiger charge is -2.39. The molecule has 0 aromatic heterocycles. The Balaban J connectivity index is 1.64. The number of aryl methyl sites for hydroxylation is 1. The lowest BCUT2D eigenvalue weighted by atomic mass is 9.70. The number of hydrogen-bond acceptors (Lipinski definition) is 1. The Hall–Kier alpha value is -2.38. The SMILES string of the molecule is OC1(CCc2ccccc2)CCC(c2ccccc2)c2ccccc21. The monoisotopic (exact) mass is 328 g/mol. The molecule has 0 aliphatic heterocycles. The van der Waals surface area contributed by atoms with Gasteiger partial charge in [-0.1, -0.05) is 84.9 Å². The van der Waals surface area contributed by atoms with Crippen molar-refractivity contribution < 1.29 is 5.11 Å². The third-order valence-corrected chi connectivity index (χ3v) is 5.56. The fraction of sp³-hybridized carbons (Fsp3) is 0.250. The van der Waals surface area contributed by atoms with Crippen molar-refractivity contribution in [3.63, 3.8) is 0 Å². The van der Waals surface area contributed by atoms with Gasteiger partial charge in [-0.3, -0.25) is 0 Å². The van der Waals surface area contributed by atoms with Crippen LogP contribution in [-0.4, -0.2) is 5.11 Å². The van der Waals surface area contributed by atoms with Crippen molar-refractivity contribution >= 4 is 0 Å². The zero-order valence-electron chi connectivity index (χ0n) is 14.4. The average molecular weight is 328 g/mol. The third-order valence-electron chi connectivity index (χ3n) is 5.56. The fourth-order valence-corrected chi connectivity index (χ4v) is 4.18. The molecule has 1 aliphatic carbocycles. The van der Waals surface area contributed by atoms with Gasteiger partial charge in [-0.25, -0.2) is 0 Å². The molecular formula is C24H24O. The van der Waals surface area contributed by atoms with Gasteiger partial charge in [0, 0.05) is 5.92 Å². The van der Waals surface area contributed by atoms with Crippen molar-refractivity contribution in [3.8, 4) is 0 Å². The highest BCUT2D eigenvalue weighted by molar-refractivity contribution is 5.43. The number of hydrogen-bond donors (Lipinski definition) is 1. The molecule has 126 valence electrons. The van der Waals surface area contributed by atoms with Crippen molar-refractivity contribution in [2.24, 2.45) is 0 Å². The van der Waals surface area contributed by atoms with E-state index in [4.69, 9.17) is 0 Å². The van der Waals surface area contributed by atoms with Crippen LogP contribution in [0.15, 0.2) is 84.9 Å². The summed E-state index contributed by atoms with van der Waals surface area (Å²) < 4.78 is 0.